The first-order valence-corrected chi connectivity index (χ1v) is 8.21. The lowest BCUT2D eigenvalue weighted by Gasteiger charge is -2.15. The fourth-order valence-electron chi connectivity index (χ4n) is 3.19. The monoisotopic (exact) mass is 321 g/mol. The molecule has 1 aliphatic heterocycles. The minimum absolute atomic E-state index is 0.0394. The molecule has 3 heteroatoms. The number of nitrogens with zero attached hydrogens (tertiary/aromatic N) is 1. The van der Waals surface area contributed by atoms with Gasteiger partial charge in [0, 0.05) is 18.2 Å². The smallest absolute Gasteiger partial charge is 0.258 e. The second-order valence-corrected chi connectivity index (χ2v) is 6.54. The lowest BCUT2D eigenvalue weighted by Crippen LogP contribution is -2.20. The predicted octanol–water partition coefficient (Wildman–Crippen LogP) is 4.64. The highest BCUT2D eigenvalue weighted by Gasteiger charge is 2.29. The molecule has 0 fully saturated rings. The number of carbonyl (C=O) groups excluding carboxylic acids is 1. The van der Waals surface area contributed by atoms with E-state index in [0.717, 1.165) is 39.3 Å². The molecule has 0 spiro atoms. The number of likely N-dealkylation sites (N-methyl/N-ethyl adjacent to an activating group) is 1. The van der Waals surface area contributed by atoms with Crippen molar-refractivity contribution in [1.82, 2.24) is 0 Å². The summed E-state index contributed by atoms with van der Waals surface area (Å²) in [5.41, 5.74) is 6.02. The number of amides is 1. The Morgan fingerprint density at radius 3 is 2.54 bits per heavy atom. The number of anilines is 1. The zero-order valence-electron chi connectivity index (χ0n) is 14.9. The minimum Gasteiger partial charge on any atom is -0.496 e. The summed E-state index contributed by atoms with van der Waals surface area (Å²) in [4.78, 5) is 14.4. The molecule has 0 unspecified atom stereocenters. The van der Waals surface area contributed by atoms with Gasteiger partial charge in [0.2, 0.25) is 0 Å². The molecule has 0 saturated carbocycles. The number of para-hydroxylation sites is 1. The van der Waals surface area contributed by atoms with Crippen LogP contribution in [0.2, 0.25) is 0 Å². The Morgan fingerprint density at radius 1 is 1.17 bits per heavy atom. The van der Waals surface area contributed by atoms with Gasteiger partial charge in [-0.25, -0.2) is 0 Å². The van der Waals surface area contributed by atoms with E-state index in [9.17, 15) is 4.79 Å². The average molecular weight is 321 g/mol. The highest BCUT2D eigenvalue weighted by molar-refractivity contribution is 6.35. The molecule has 124 valence electrons. The average Bonchev–Trinajstić information content (AvgIpc) is 2.81. The van der Waals surface area contributed by atoms with Crippen LogP contribution in [0.3, 0.4) is 0 Å². The number of hydrogen-bond donors (Lipinski definition) is 0. The summed E-state index contributed by atoms with van der Waals surface area (Å²) in [6, 6.07) is 12.1. The van der Waals surface area contributed by atoms with Gasteiger partial charge in [-0.15, -0.1) is 0 Å². The van der Waals surface area contributed by atoms with Gasteiger partial charge in [0.25, 0.3) is 5.91 Å². The van der Waals surface area contributed by atoms with Crippen molar-refractivity contribution < 1.29 is 9.53 Å². The predicted molar refractivity (Wildman–Crippen MR) is 99.5 cm³/mol. The summed E-state index contributed by atoms with van der Waals surface area (Å²) in [5, 5.41) is 0. The summed E-state index contributed by atoms with van der Waals surface area (Å²) < 4.78 is 5.51. The van der Waals surface area contributed by atoms with E-state index in [-0.39, 0.29) is 5.91 Å². The number of carbonyl (C=O) groups is 1. The third-order valence-corrected chi connectivity index (χ3v) is 4.63. The topological polar surface area (TPSA) is 29.5 Å². The largest absolute Gasteiger partial charge is 0.496 e. The molecular formula is C21H23NO2. The Morgan fingerprint density at radius 2 is 1.88 bits per heavy atom. The first-order chi connectivity index (χ1) is 11.4. The molecule has 3 rings (SSSR count). The molecule has 1 aliphatic rings. The molecule has 1 amide bonds. The fourth-order valence-corrected chi connectivity index (χ4v) is 3.19. The number of ether oxygens (including phenoxy) is 1. The summed E-state index contributed by atoms with van der Waals surface area (Å²) in [6.07, 6.45) is 2.01. The molecule has 0 radical (unpaired) electrons. The van der Waals surface area contributed by atoms with E-state index in [1.54, 1.807) is 12.0 Å². The number of rotatable bonds is 3. The number of benzene rings is 2. The SMILES string of the molecule is COc1cc(C)c(/C=C2/C(=O)N(C)c3ccccc32)cc1C(C)C. The zero-order chi connectivity index (χ0) is 17.4. The van der Waals surface area contributed by atoms with Gasteiger partial charge >= 0.3 is 0 Å². The summed E-state index contributed by atoms with van der Waals surface area (Å²) in [6.45, 7) is 6.34. The third-order valence-electron chi connectivity index (χ3n) is 4.63. The Hall–Kier alpha value is -2.55. The van der Waals surface area contributed by atoms with Crippen molar-refractivity contribution in [3.8, 4) is 5.75 Å². The number of aryl methyl sites for hydroxylation is 1. The van der Waals surface area contributed by atoms with Gasteiger partial charge < -0.3 is 9.64 Å². The molecule has 24 heavy (non-hydrogen) atoms. The van der Waals surface area contributed by atoms with Gasteiger partial charge in [0.15, 0.2) is 0 Å². The molecular weight excluding hydrogens is 298 g/mol. The maximum Gasteiger partial charge on any atom is 0.258 e. The van der Waals surface area contributed by atoms with Gasteiger partial charge in [0.05, 0.1) is 12.8 Å². The number of methoxy groups -OCH3 is 1. The molecule has 0 atom stereocenters. The Balaban J connectivity index is 2.16. The van der Waals surface area contributed by atoms with Crippen LogP contribution in [-0.2, 0) is 4.79 Å². The maximum atomic E-state index is 12.7. The van der Waals surface area contributed by atoms with E-state index in [1.165, 1.54) is 0 Å². The van der Waals surface area contributed by atoms with Crippen LogP contribution in [0.5, 0.6) is 5.75 Å². The highest BCUT2D eigenvalue weighted by atomic mass is 16.5. The first-order valence-electron chi connectivity index (χ1n) is 8.21. The lowest BCUT2D eigenvalue weighted by atomic mass is 9.94. The van der Waals surface area contributed by atoms with Crippen LogP contribution in [0.15, 0.2) is 36.4 Å². The van der Waals surface area contributed by atoms with Crippen molar-refractivity contribution >= 4 is 23.2 Å². The molecule has 0 aromatic heterocycles. The van der Waals surface area contributed by atoms with E-state index in [2.05, 4.69) is 26.0 Å². The summed E-state index contributed by atoms with van der Waals surface area (Å²) in [5.74, 6) is 1.30. The van der Waals surface area contributed by atoms with Crippen molar-refractivity contribution in [1.29, 1.82) is 0 Å². The normalized spacial score (nSPS) is 15.3. The maximum absolute atomic E-state index is 12.7. The second-order valence-electron chi connectivity index (χ2n) is 6.54. The summed E-state index contributed by atoms with van der Waals surface area (Å²) >= 11 is 0. The quantitative estimate of drug-likeness (QED) is 0.771. The molecule has 0 saturated heterocycles. The van der Waals surface area contributed by atoms with Crippen LogP contribution in [-0.4, -0.2) is 20.1 Å². The summed E-state index contributed by atoms with van der Waals surface area (Å²) in [7, 11) is 3.52. The standard InChI is InChI=1S/C21H23NO2/c1-13(2)17-11-15(14(3)10-20(17)24-5)12-18-16-8-6-7-9-19(16)22(4)21(18)23/h6-13H,1-5H3/b18-12+. The Kier molecular flexibility index (Phi) is 4.18. The van der Waals surface area contributed by atoms with Crippen molar-refractivity contribution in [3.63, 3.8) is 0 Å². The van der Waals surface area contributed by atoms with Gasteiger partial charge in [-0.2, -0.15) is 0 Å². The van der Waals surface area contributed by atoms with Crippen molar-refractivity contribution in [2.24, 2.45) is 0 Å². The van der Waals surface area contributed by atoms with E-state index >= 15 is 0 Å². The second kappa shape index (κ2) is 6.16. The van der Waals surface area contributed by atoms with Gasteiger partial charge in [-0.05, 0) is 53.8 Å². The van der Waals surface area contributed by atoms with Gasteiger partial charge in [-0.1, -0.05) is 32.0 Å². The van der Waals surface area contributed by atoms with E-state index in [1.807, 2.05) is 44.3 Å². The third kappa shape index (κ3) is 2.60. The Bertz CT molecular complexity index is 834. The zero-order valence-corrected chi connectivity index (χ0v) is 14.9. The van der Waals surface area contributed by atoms with Crippen molar-refractivity contribution in [2.45, 2.75) is 26.7 Å². The van der Waals surface area contributed by atoms with Crippen LogP contribution >= 0.6 is 0 Å². The van der Waals surface area contributed by atoms with Gasteiger partial charge in [-0.3, -0.25) is 4.79 Å². The minimum atomic E-state index is 0.0394. The highest BCUT2D eigenvalue weighted by Crippen LogP contribution is 2.38. The number of hydrogen-bond acceptors (Lipinski definition) is 2. The van der Waals surface area contributed by atoms with Crippen LogP contribution in [0.4, 0.5) is 5.69 Å². The van der Waals surface area contributed by atoms with Crippen molar-refractivity contribution in [3.05, 3.63) is 58.7 Å². The van der Waals surface area contributed by atoms with E-state index in [0.29, 0.717) is 5.92 Å². The molecule has 1 heterocycles. The first kappa shape index (κ1) is 16.3. The van der Waals surface area contributed by atoms with Crippen LogP contribution in [0, 0.1) is 6.92 Å². The van der Waals surface area contributed by atoms with Crippen LogP contribution in [0.25, 0.3) is 11.6 Å². The fraction of sp³-hybridized carbons (Fsp3) is 0.286. The van der Waals surface area contributed by atoms with Crippen LogP contribution < -0.4 is 9.64 Å². The van der Waals surface area contributed by atoms with Crippen LogP contribution in [0.1, 0.15) is 42.0 Å². The lowest BCUT2D eigenvalue weighted by molar-refractivity contribution is -0.112. The number of fused-ring (bicyclic) bond motifs is 1. The van der Waals surface area contributed by atoms with E-state index in [4.69, 9.17) is 4.74 Å². The molecule has 0 bridgehead atoms. The van der Waals surface area contributed by atoms with Gasteiger partial charge in [0.1, 0.15) is 5.75 Å². The molecule has 0 aliphatic carbocycles. The van der Waals surface area contributed by atoms with E-state index < -0.39 is 0 Å². The Labute approximate surface area is 143 Å². The molecule has 3 nitrogen and oxygen atoms in total. The van der Waals surface area contributed by atoms with Crippen molar-refractivity contribution in [2.75, 3.05) is 19.1 Å². The molecule has 2 aromatic carbocycles. The molecule has 0 N–H and O–H groups in total. The molecule has 2 aromatic rings.